The first kappa shape index (κ1) is 15.6. The lowest BCUT2D eigenvalue weighted by Gasteiger charge is -2.10. The van der Waals surface area contributed by atoms with Crippen molar-refractivity contribution < 1.29 is 4.79 Å². The zero-order valence-electron chi connectivity index (χ0n) is 14.0. The van der Waals surface area contributed by atoms with Crippen LogP contribution in [0.5, 0.6) is 0 Å². The van der Waals surface area contributed by atoms with Crippen molar-refractivity contribution in [2.45, 2.75) is 13.8 Å². The second kappa shape index (κ2) is 6.18. The van der Waals surface area contributed by atoms with Gasteiger partial charge in [0.05, 0.1) is 5.69 Å². The van der Waals surface area contributed by atoms with Crippen LogP contribution in [0.25, 0.3) is 21.6 Å². The van der Waals surface area contributed by atoms with Gasteiger partial charge in [0, 0.05) is 22.0 Å². The number of aromatic amines is 1. The molecular formula is C20H17N3OS. The molecule has 1 amide bonds. The lowest BCUT2D eigenvalue weighted by Crippen LogP contribution is -2.14. The number of carbonyl (C=O) groups is 1. The van der Waals surface area contributed by atoms with Gasteiger partial charge in [-0.05, 0) is 37.1 Å². The summed E-state index contributed by atoms with van der Waals surface area (Å²) in [6.45, 7) is 3.97. The van der Waals surface area contributed by atoms with Gasteiger partial charge in [0.2, 0.25) is 0 Å². The first-order valence-corrected chi connectivity index (χ1v) is 8.91. The summed E-state index contributed by atoms with van der Waals surface area (Å²) >= 11 is 1.46. The summed E-state index contributed by atoms with van der Waals surface area (Å²) in [6, 6.07) is 16.1. The summed E-state index contributed by atoms with van der Waals surface area (Å²) < 4.78 is 0. The maximum Gasteiger partial charge on any atom is 0.275 e. The molecule has 2 aromatic heterocycles. The van der Waals surface area contributed by atoms with Crippen LogP contribution in [-0.2, 0) is 0 Å². The van der Waals surface area contributed by atoms with Crippen LogP contribution in [0.3, 0.4) is 0 Å². The second-order valence-electron chi connectivity index (χ2n) is 6.03. The molecule has 4 nitrogen and oxygen atoms in total. The molecule has 0 radical (unpaired) electrons. The van der Waals surface area contributed by atoms with Crippen molar-refractivity contribution in [3.8, 4) is 10.7 Å². The number of thiazole rings is 1. The summed E-state index contributed by atoms with van der Waals surface area (Å²) in [5.74, 6) is -0.184. The average molecular weight is 347 g/mol. The Balaban J connectivity index is 1.61. The number of nitrogens with zero attached hydrogens (tertiary/aromatic N) is 1. The van der Waals surface area contributed by atoms with Crippen molar-refractivity contribution >= 4 is 33.8 Å². The summed E-state index contributed by atoms with van der Waals surface area (Å²) in [7, 11) is 0. The number of rotatable bonds is 3. The van der Waals surface area contributed by atoms with E-state index in [1.807, 2.05) is 50.2 Å². The number of hydrogen-bond donors (Lipinski definition) is 2. The highest BCUT2D eigenvalue weighted by Crippen LogP contribution is 2.27. The molecule has 0 aliphatic rings. The Morgan fingerprint density at radius 1 is 1.08 bits per heavy atom. The van der Waals surface area contributed by atoms with E-state index in [4.69, 9.17) is 0 Å². The molecule has 0 aliphatic carbocycles. The van der Waals surface area contributed by atoms with Crippen LogP contribution in [-0.4, -0.2) is 15.9 Å². The van der Waals surface area contributed by atoms with E-state index >= 15 is 0 Å². The summed E-state index contributed by atoms with van der Waals surface area (Å²) in [4.78, 5) is 20.4. The molecule has 25 heavy (non-hydrogen) atoms. The molecule has 0 atom stereocenters. The molecule has 0 bridgehead atoms. The van der Waals surface area contributed by atoms with E-state index in [1.54, 1.807) is 5.38 Å². The normalized spacial score (nSPS) is 11.0. The van der Waals surface area contributed by atoms with Crippen LogP contribution >= 0.6 is 11.3 Å². The molecule has 4 rings (SSSR count). The minimum Gasteiger partial charge on any atom is -0.353 e. The number of nitrogens with one attached hydrogen (secondary N) is 2. The van der Waals surface area contributed by atoms with Gasteiger partial charge in [0.1, 0.15) is 10.7 Å². The van der Waals surface area contributed by atoms with E-state index in [0.717, 1.165) is 38.4 Å². The van der Waals surface area contributed by atoms with Crippen LogP contribution in [0, 0.1) is 13.8 Å². The summed E-state index contributed by atoms with van der Waals surface area (Å²) in [5, 5.41) is 6.72. The highest BCUT2D eigenvalue weighted by molar-refractivity contribution is 7.13. The van der Waals surface area contributed by atoms with E-state index < -0.39 is 0 Å². The number of H-pyrrole nitrogens is 1. The Bertz CT molecular complexity index is 1020. The molecule has 0 saturated carbocycles. The Morgan fingerprint density at radius 3 is 2.60 bits per heavy atom. The third-order valence-electron chi connectivity index (χ3n) is 4.22. The fraction of sp³-hybridized carbons (Fsp3) is 0.100. The van der Waals surface area contributed by atoms with Gasteiger partial charge in [-0.15, -0.1) is 11.3 Å². The lowest BCUT2D eigenvalue weighted by molar-refractivity contribution is 0.102. The maximum atomic E-state index is 12.6. The highest BCUT2D eigenvalue weighted by Gasteiger charge is 2.15. The minimum absolute atomic E-state index is 0.184. The monoisotopic (exact) mass is 347 g/mol. The van der Waals surface area contributed by atoms with Gasteiger partial charge in [0.15, 0.2) is 0 Å². The Labute approximate surface area is 149 Å². The van der Waals surface area contributed by atoms with E-state index in [-0.39, 0.29) is 5.91 Å². The number of aryl methyl sites for hydroxylation is 2. The predicted octanol–water partition coefficient (Wildman–Crippen LogP) is 5.16. The largest absolute Gasteiger partial charge is 0.353 e. The van der Waals surface area contributed by atoms with Gasteiger partial charge in [-0.25, -0.2) is 4.98 Å². The molecule has 2 heterocycles. The van der Waals surface area contributed by atoms with Gasteiger partial charge in [-0.3, -0.25) is 4.79 Å². The van der Waals surface area contributed by atoms with Crippen molar-refractivity contribution in [1.29, 1.82) is 0 Å². The molecule has 2 N–H and O–H groups in total. The Morgan fingerprint density at radius 2 is 1.84 bits per heavy atom. The molecule has 0 spiro atoms. The van der Waals surface area contributed by atoms with Crippen LogP contribution in [0.4, 0.5) is 5.69 Å². The van der Waals surface area contributed by atoms with E-state index in [0.29, 0.717) is 5.69 Å². The fourth-order valence-corrected chi connectivity index (χ4v) is 3.65. The molecule has 5 heteroatoms. The van der Waals surface area contributed by atoms with Gasteiger partial charge in [-0.1, -0.05) is 36.4 Å². The third kappa shape index (κ3) is 2.94. The van der Waals surface area contributed by atoms with Crippen LogP contribution in [0.2, 0.25) is 0 Å². The van der Waals surface area contributed by atoms with E-state index in [9.17, 15) is 4.79 Å². The van der Waals surface area contributed by atoms with Crippen molar-refractivity contribution in [3.63, 3.8) is 0 Å². The smallest absolute Gasteiger partial charge is 0.275 e. The fourth-order valence-electron chi connectivity index (χ4n) is 2.88. The van der Waals surface area contributed by atoms with Crippen LogP contribution in [0.15, 0.2) is 53.9 Å². The number of benzene rings is 2. The van der Waals surface area contributed by atoms with E-state index in [1.165, 1.54) is 11.3 Å². The zero-order chi connectivity index (χ0) is 17.4. The molecular weight excluding hydrogens is 330 g/mol. The second-order valence-corrected chi connectivity index (χ2v) is 6.89. The molecule has 2 aromatic carbocycles. The number of carbonyl (C=O) groups excluding carboxylic acids is 1. The number of fused-ring (bicyclic) bond motifs is 1. The Hall–Kier alpha value is -2.92. The van der Waals surface area contributed by atoms with Crippen molar-refractivity contribution in [1.82, 2.24) is 9.97 Å². The predicted molar refractivity (Wildman–Crippen MR) is 103 cm³/mol. The standard InChI is InChI=1S/C20H17N3OS/c1-12-6-5-7-13(2)18(12)23-19(24)17-11-25-20(22-17)16-10-14-8-3-4-9-15(14)21-16/h3-11,21H,1-2H3,(H,23,24). The van der Waals surface area contributed by atoms with E-state index in [2.05, 4.69) is 27.4 Å². The number of hydrogen-bond acceptors (Lipinski definition) is 3. The van der Waals surface area contributed by atoms with Crippen molar-refractivity contribution in [3.05, 3.63) is 70.7 Å². The maximum absolute atomic E-state index is 12.6. The van der Waals surface area contributed by atoms with Crippen molar-refractivity contribution in [2.24, 2.45) is 0 Å². The zero-order valence-corrected chi connectivity index (χ0v) is 14.8. The van der Waals surface area contributed by atoms with Crippen molar-refractivity contribution in [2.75, 3.05) is 5.32 Å². The lowest BCUT2D eigenvalue weighted by atomic mass is 10.1. The molecule has 124 valence electrons. The number of anilines is 1. The topological polar surface area (TPSA) is 57.8 Å². The molecule has 0 unspecified atom stereocenters. The quantitative estimate of drug-likeness (QED) is 0.538. The first-order chi connectivity index (χ1) is 12.1. The Kier molecular flexibility index (Phi) is 3.86. The minimum atomic E-state index is -0.184. The third-order valence-corrected chi connectivity index (χ3v) is 5.09. The highest BCUT2D eigenvalue weighted by atomic mass is 32.1. The summed E-state index contributed by atoms with van der Waals surface area (Å²) in [6.07, 6.45) is 0. The van der Waals surface area contributed by atoms with Gasteiger partial charge in [-0.2, -0.15) is 0 Å². The number of amides is 1. The van der Waals surface area contributed by atoms with Gasteiger partial charge < -0.3 is 10.3 Å². The van der Waals surface area contributed by atoms with Crippen LogP contribution < -0.4 is 5.32 Å². The van der Waals surface area contributed by atoms with Gasteiger partial charge in [0.25, 0.3) is 5.91 Å². The first-order valence-electron chi connectivity index (χ1n) is 8.03. The molecule has 0 aliphatic heterocycles. The average Bonchev–Trinajstić information content (AvgIpc) is 3.24. The number of para-hydroxylation sites is 2. The summed E-state index contributed by atoms with van der Waals surface area (Å²) in [5.41, 5.74) is 5.36. The van der Waals surface area contributed by atoms with Crippen LogP contribution in [0.1, 0.15) is 21.6 Å². The number of aromatic nitrogens is 2. The molecule has 4 aromatic rings. The molecule has 0 saturated heterocycles. The SMILES string of the molecule is Cc1cccc(C)c1NC(=O)c1csc(-c2cc3ccccc3[nH]2)n1. The van der Waals surface area contributed by atoms with Gasteiger partial charge >= 0.3 is 0 Å². The molecule has 0 fully saturated rings.